The first-order valence-electron chi connectivity index (χ1n) is 11.0. The fourth-order valence-corrected chi connectivity index (χ4v) is 3.69. The lowest BCUT2D eigenvalue weighted by Crippen LogP contribution is -2.37. The minimum atomic E-state index is 0. The van der Waals surface area contributed by atoms with E-state index in [9.17, 15) is 0 Å². The second-order valence-electron chi connectivity index (χ2n) is 7.92. The highest BCUT2D eigenvalue weighted by Crippen LogP contribution is 2.20. The molecule has 7 nitrogen and oxygen atoms in total. The van der Waals surface area contributed by atoms with Crippen LogP contribution in [0.1, 0.15) is 22.6 Å². The summed E-state index contributed by atoms with van der Waals surface area (Å²) < 4.78 is 11.4. The summed E-state index contributed by atoms with van der Waals surface area (Å²) in [6, 6.07) is 16.8. The molecule has 4 rings (SSSR count). The lowest BCUT2D eigenvalue weighted by molar-refractivity contribution is 0.0341. The number of nitrogens with one attached hydrogen (secondary N) is 2. The number of morpholine rings is 1. The summed E-state index contributed by atoms with van der Waals surface area (Å²) in [7, 11) is 1.77. The van der Waals surface area contributed by atoms with Crippen LogP contribution in [-0.2, 0) is 24.4 Å². The predicted molar refractivity (Wildman–Crippen MR) is 142 cm³/mol. The summed E-state index contributed by atoms with van der Waals surface area (Å²) in [6.07, 6.45) is 1.76. The maximum absolute atomic E-state index is 5.90. The first kappa shape index (κ1) is 25.2. The smallest absolute Gasteiger partial charge is 0.214 e. The van der Waals surface area contributed by atoms with Crippen molar-refractivity contribution in [3.8, 4) is 11.3 Å². The molecule has 0 saturated carbocycles. The van der Waals surface area contributed by atoms with Crippen molar-refractivity contribution in [1.82, 2.24) is 20.5 Å². The van der Waals surface area contributed by atoms with Gasteiger partial charge in [-0.3, -0.25) is 9.89 Å². The van der Waals surface area contributed by atoms with Crippen molar-refractivity contribution in [3.63, 3.8) is 0 Å². The molecule has 0 amide bonds. The van der Waals surface area contributed by atoms with Crippen LogP contribution in [0.25, 0.3) is 11.3 Å². The highest BCUT2D eigenvalue weighted by atomic mass is 127. The van der Waals surface area contributed by atoms with Gasteiger partial charge < -0.3 is 19.8 Å². The number of halogens is 1. The SMILES string of the molecule is CN=C(NCc1ncc(-c2ccc(C)cc2)o1)NCc1ccccc1CN1CCOCC1.I. The molecule has 0 atom stereocenters. The van der Waals surface area contributed by atoms with Crippen molar-refractivity contribution in [2.75, 3.05) is 33.4 Å². The first-order chi connectivity index (χ1) is 15.7. The van der Waals surface area contributed by atoms with Crippen LogP contribution < -0.4 is 10.6 Å². The number of aryl methyl sites for hydroxylation is 1. The molecule has 1 aliphatic rings. The fraction of sp³-hybridized carbons (Fsp3) is 0.360. The minimum absolute atomic E-state index is 0. The van der Waals surface area contributed by atoms with E-state index in [4.69, 9.17) is 9.15 Å². The van der Waals surface area contributed by atoms with Crippen LogP contribution in [-0.4, -0.2) is 49.2 Å². The van der Waals surface area contributed by atoms with Gasteiger partial charge in [0.05, 0.1) is 26.0 Å². The first-order valence-corrected chi connectivity index (χ1v) is 11.0. The Morgan fingerprint density at radius 3 is 2.42 bits per heavy atom. The largest absolute Gasteiger partial charge is 0.439 e. The number of benzene rings is 2. The average Bonchev–Trinajstić information content (AvgIpc) is 3.30. The molecule has 0 aliphatic carbocycles. The van der Waals surface area contributed by atoms with Crippen molar-refractivity contribution in [2.45, 2.75) is 26.6 Å². The molecule has 0 unspecified atom stereocenters. The normalized spacial score (nSPS) is 14.5. The van der Waals surface area contributed by atoms with E-state index in [1.54, 1.807) is 13.2 Å². The van der Waals surface area contributed by atoms with Gasteiger partial charge in [-0.05, 0) is 18.1 Å². The number of aliphatic imine (C=N–C) groups is 1. The third-order valence-corrected chi connectivity index (χ3v) is 5.58. The Morgan fingerprint density at radius 2 is 1.70 bits per heavy atom. The molecule has 1 aliphatic heterocycles. The van der Waals surface area contributed by atoms with Gasteiger partial charge in [0.15, 0.2) is 11.7 Å². The van der Waals surface area contributed by atoms with Gasteiger partial charge in [0.1, 0.15) is 0 Å². The number of hydrogen-bond donors (Lipinski definition) is 2. The molecule has 1 fully saturated rings. The second-order valence-corrected chi connectivity index (χ2v) is 7.92. The summed E-state index contributed by atoms with van der Waals surface area (Å²) in [6.45, 7) is 7.73. The van der Waals surface area contributed by atoms with Gasteiger partial charge in [0.2, 0.25) is 5.89 Å². The number of ether oxygens (including phenoxy) is 1. The van der Waals surface area contributed by atoms with E-state index in [1.807, 2.05) is 12.1 Å². The summed E-state index contributed by atoms with van der Waals surface area (Å²) >= 11 is 0. The van der Waals surface area contributed by atoms with Crippen LogP contribution in [0.4, 0.5) is 0 Å². The Morgan fingerprint density at radius 1 is 1.00 bits per heavy atom. The standard InChI is InChI=1S/C25H31N5O2.HI/c1-19-7-9-20(10-8-19)23-16-27-24(32-23)17-29-25(26-2)28-15-21-5-3-4-6-22(21)18-30-11-13-31-14-12-30;/h3-10,16H,11-15,17-18H2,1-2H3,(H2,26,28,29);1H. The highest BCUT2D eigenvalue weighted by molar-refractivity contribution is 14.0. The number of nitrogens with zero attached hydrogens (tertiary/aromatic N) is 3. The van der Waals surface area contributed by atoms with Crippen LogP contribution in [0.5, 0.6) is 0 Å². The molecule has 0 spiro atoms. The van der Waals surface area contributed by atoms with Crippen molar-refractivity contribution in [1.29, 1.82) is 0 Å². The van der Waals surface area contributed by atoms with Crippen molar-refractivity contribution < 1.29 is 9.15 Å². The molecule has 33 heavy (non-hydrogen) atoms. The molecule has 2 heterocycles. The van der Waals surface area contributed by atoms with E-state index < -0.39 is 0 Å². The number of aromatic nitrogens is 1. The fourth-order valence-electron chi connectivity index (χ4n) is 3.69. The van der Waals surface area contributed by atoms with Crippen LogP contribution in [0, 0.1) is 6.92 Å². The van der Waals surface area contributed by atoms with E-state index in [2.05, 4.69) is 68.8 Å². The van der Waals surface area contributed by atoms with E-state index in [-0.39, 0.29) is 24.0 Å². The summed E-state index contributed by atoms with van der Waals surface area (Å²) in [5, 5.41) is 6.69. The molecular formula is C25H32IN5O2. The van der Waals surface area contributed by atoms with Crippen LogP contribution >= 0.6 is 24.0 Å². The summed E-state index contributed by atoms with van der Waals surface area (Å²) in [4.78, 5) is 11.2. The van der Waals surface area contributed by atoms with Gasteiger partial charge in [0, 0.05) is 38.8 Å². The van der Waals surface area contributed by atoms with E-state index in [0.717, 1.165) is 44.2 Å². The minimum Gasteiger partial charge on any atom is -0.439 e. The van der Waals surface area contributed by atoms with Gasteiger partial charge in [0.25, 0.3) is 0 Å². The summed E-state index contributed by atoms with van der Waals surface area (Å²) in [5.74, 6) is 2.10. The number of oxazole rings is 1. The zero-order valence-corrected chi connectivity index (χ0v) is 21.5. The Kier molecular flexibility index (Phi) is 9.71. The van der Waals surface area contributed by atoms with Gasteiger partial charge in [-0.15, -0.1) is 24.0 Å². The van der Waals surface area contributed by atoms with Crippen LogP contribution in [0.2, 0.25) is 0 Å². The monoisotopic (exact) mass is 561 g/mol. The molecule has 2 N–H and O–H groups in total. The van der Waals surface area contributed by atoms with Crippen molar-refractivity contribution >= 4 is 29.9 Å². The van der Waals surface area contributed by atoms with E-state index >= 15 is 0 Å². The lowest BCUT2D eigenvalue weighted by atomic mass is 10.1. The number of hydrogen-bond acceptors (Lipinski definition) is 5. The molecule has 0 bridgehead atoms. The lowest BCUT2D eigenvalue weighted by Gasteiger charge is -2.27. The molecule has 2 aromatic carbocycles. The summed E-state index contributed by atoms with van der Waals surface area (Å²) in [5.41, 5.74) is 4.83. The van der Waals surface area contributed by atoms with E-state index in [1.165, 1.54) is 16.7 Å². The van der Waals surface area contributed by atoms with Gasteiger partial charge in [-0.1, -0.05) is 54.1 Å². The van der Waals surface area contributed by atoms with Crippen LogP contribution in [0.3, 0.4) is 0 Å². The average molecular weight is 561 g/mol. The molecule has 8 heteroatoms. The zero-order valence-electron chi connectivity index (χ0n) is 19.2. The Bertz CT molecular complexity index is 1030. The Hall–Kier alpha value is -2.43. The third kappa shape index (κ3) is 7.28. The van der Waals surface area contributed by atoms with Gasteiger partial charge in [-0.25, -0.2) is 4.98 Å². The molecule has 0 radical (unpaired) electrons. The predicted octanol–water partition coefficient (Wildman–Crippen LogP) is 3.97. The van der Waals surface area contributed by atoms with Gasteiger partial charge in [-0.2, -0.15) is 0 Å². The van der Waals surface area contributed by atoms with Crippen LogP contribution in [0.15, 0.2) is 64.1 Å². The molecular weight excluding hydrogens is 529 g/mol. The van der Waals surface area contributed by atoms with E-state index in [0.29, 0.717) is 24.9 Å². The zero-order chi connectivity index (χ0) is 22.2. The van der Waals surface area contributed by atoms with Crippen molar-refractivity contribution in [2.24, 2.45) is 4.99 Å². The topological polar surface area (TPSA) is 74.9 Å². The maximum Gasteiger partial charge on any atom is 0.214 e. The molecule has 176 valence electrons. The molecule has 1 saturated heterocycles. The highest BCUT2D eigenvalue weighted by Gasteiger charge is 2.13. The second kappa shape index (κ2) is 12.7. The third-order valence-electron chi connectivity index (χ3n) is 5.58. The van der Waals surface area contributed by atoms with Gasteiger partial charge >= 0.3 is 0 Å². The molecule has 3 aromatic rings. The number of rotatable bonds is 7. The Labute approximate surface area is 212 Å². The quantitative estimate of drug-likeness (QED) is 0.259. The maximum atomic E-state index is 5.90. The Balaban J connectivity index is 0.00000306. The number of guanidine groups is 1. The molecule has 1 aromatic heterocycles. The van der Waals surface area contributed by atoms with Crippen molar-refractivity contribution in [3.05, 3.63) is 77.3 Å².